The van der Waals surface area contributed by atoms with Gasteiger partial charge < -0.3 is 46.3 Å². The monoisotopic (exact) mass is 320 g/mol. The fraction of sp³-hybridized carbons (Fsp3) is 0.500. The van der Waals surface area contributed by atoms with Crippen LogP contribution in [0.25, 0.3) is 0 Å². The van der Waals surface area contributed by atoms with Crippen LogP contribution < -0.4 is 27.2 Å². The van der Waals surface area contributed by atoms with E-state index >= 15 is 0 Å². The molecule has 0 unspecified atom stereocenters. The smallest absolute Gasteiger partial charge is 0.548 e. The van der Waals surface area contributed by atoms with Crippen molar-refractivity contribution >= 4 is 23.9 Å². The number of nitrogens with two attached hydrogens (primary N) is 1. The molecule has 0 rings (SSSR count). The minimum atomic E-state index is -2.54. The van der Waals surface area contributed by atoms with E-state index in [2.05, 4.69) is 4.74 Å². The van der Waals surface area contributed by atoms with E-state index in [1.165, 1.54) is 0 Å². The summed E-state index contributed by atoms with van der Waals surface area (Å²) in [6.45, 7) is 0. The van der Waals surface area contributed by atoms with E-state index in [4.69, 9.17) is 5.73 Å². The van der Waals surface area contributed by atoms with Gasteiger partial charge in [0.1, 0.15) is 0 Å². The van der Waals surface area contributed by atoms with Gasteiger partial charge in [0.2, 0.25) is 0 Å². The van der Waals surface area contributed by atoms with Crippen molar-refractivity contribution in [2.75, 3.05) is 0 Å². The molecule has 110 valence electrons. The molecule has 0 aromatic carbocycles. The summed E-state index contributed by atoms with van der Waals surface area (Å²) >= 11 is 0. The average molecular weight is 320 g/mol. The number of esters is 1. The topological polar surface area (TPSA) is 209 Å². The molecule has 1 atom stereocenters. The van der Waals surface area contributed by atoms with Gasteiger partial charge in [0.15, 0.2) is 6.10 Å². The van der Waals surface area contributed by atoms with E-state index in [1.54, 1.807) is 0 Å². The molecular weight excluding hydrogens is 308 g/mol. The number of rotatable bonds is 7. The maximum absolute atomic E-state index is 10.9. The van der Waals surface area contributed by atoms with Gasteiger partial charge in [-0.25, -0.2) is 0 Å². The second-order valence-electron chi connectivity index (χ2n) is 2.97. The van der Waals surface area contributed by atoms with Crippen molar-refractivity contribution in [1.82, 2.24) is 6.15 Å². The number of hydrogen-bond acceptors (Lipinski definition) is 9. The van der Waals surface area contributed by atoms with Crippen molar-refractivity contribution in [2.45, 2.75) is 25.0 Å². The van der Waals surface area contributed by atoms with Crippen LogP contribution in [0.4, 0.5) is 0 Å². The van der Waals surface area contributed by atoms with Crippen LogP contribution in [0.15, 0.2) is 0 Å². The summed E-state index contributed by atoms with van der Waals surface area (Å²) in [6.07, 6.45) is -3.50. The fourth-order valence-corrected chi connectivity index (χ4v) is 0.774. The molecule has 10 nitrogen and oxygen atoms in total. The Bertz CT molecular complexity index is 334. The first kappa shape index (κ1) is 22.5. The minimum absolute atomic E-state index is 0. The number of carbonyl (C=O) groups excluding carboxylic acids is 4. The third-order valence-corrected chi connectivity index (χ3v) is 1.64. The zero-order valence-electron chi connectivity index (χ0n) is 9.77. The molecule has 0 aliphatic heterocycles. The van der Waals surface area contributed by atoms with Crippen LogP contribution in [0, 0.1) is 0 Å². The largest absolute Gasteiger partial charge is 2.00 e. The summed E-state index contributed by atoms with van der Waals surface area (Å²) in [4.78, 5) is 41.4. The van der Waals surface area contributed by atoms with E-state index in [0.29, 0.717) is 0 Å². The summed E-state index contributed by atoms with van der Waals surface area (Å²) in [5.74, 6) is -7.15. The van der Waals surface area contributed by atoms with Crippen LogP contribution >= 0.6 is 0 Å². The Balaban J connectivity index is -0.00000128. The zero-order valence-corrected chi connectivity index (χ0v) is 10.9. The fourth-order valence-electron chi connectivity index (χ4n) is 0.774. The van der Waals surface area contributed by atoms with Gasteiger partial charge in [0.25, 0.3) is 0 Å². The van der Waals surface area contributed by atoms with E-state index < -0.39 is 42.4 Å². The molecule has 0 aliphatic rings. The van der Waals surface area contributed by atoms with Crippen LogP contribution in [0.3, 0.4) is 0 Å². The molecule has 0 bridgehead atoms. The molecule has 0 saturated carbocycles. The third-order valence-electron chi connectivity index (χ3n) is 1.64. The van der Waals surface area contributed by atoms with E-state index in [9.17, 15) is 34.5 Å². The van der Waals surface area contributed by atoms with Crippen molar-refractivity contribution in [3.63, 3.8) is 0 Å². The summed E-state index contributed by atoms with van der Waals surface area (Å²) in [5.41, 5.74) is 4.99. The van der Waals surface area contributed by atoms with Crippen LogP contribution in [-0.4, -0.2) is 36.0 Å². The number of carbonyl (C=O) groups is 4. The molecule has 0 saturated heterocycles. The summed E-state index contributed by atoms with van der Waals surface area (Å²) in [6, 6.07) is -1.44. The molecule has 0 aliphatic carbocycles. The van der Waals surface area contributed by atoms with E-state index in [0.717, 1.165) is 0 Å². The number of carboxylic acid groups (broad SMARTS) is 3. The Labute approximate surface area is 118 Å². The predicted molar refractivity (Wildman–Crippen MR) is 48.1 cm³/mol. The summed E-state index contributed by atoms with van der Waals surface area (Å²) in [5, 5.41) is 30.5. The maximum Gasteiger partial charge on any atom is 2.00 e. The first-order chi connectivity index (χ1) is 7.75. The molecule has 0 aromatic heterocycles. The predicted octanol–water partition coefficient (Wildman–Crippen LogP) is -5.37. The Morgan fingerprint density at radius 1 is 1.00 bits per heavy atom. The molecular formula is C8H12FeN2O8. The number of aliphatic carboxylic acids is 3. The first-order valence-electron chi connectivity index (χ1n) is 4.33. The second kappa shape index (κ2) is 10.3. The van der Waals surface area contributed by atoms with Crippen LogP contribution in [0.2, 0.25) is 0 Å². The minimum Gasteiger partial charge on any atom is -0.548 e. The van der Waals surface area contributed by atoms with Crippen molar-refractivity contribution in [3.05, 3.63) is 0 Å². The van der Waals surface area contributed by atoms with E-state index in [-0.39, 0.29) is 29.6 Å². The first-order valence-corrected chi connectivity index (χ1v) is 4.33. The Hall–Kier alpha value is -1.68. The SMILES string of the molecule is N[C@@H](CCC(=O)OC(C(=O)[O-])C(=O)[O-])C(=O)[O-].[Fe+2].[NH4+]. The van der Waals surface area contributed by atoms with Gasteiger partial charge in [-0.3, -0.25) is 4.79 Å². The second-order valence-corrected chi connectivity index (χ2v) is 2.97. The molecule has 19 heavy (non-hydrogen) atoms. The normalized spacial score (nSPS) is 10.6. The molecule has 0 aromatic rings. The molecule has 6 N–H and O–H groups in total. The van der Waals surface area contributed by atoms with Gasteiger partial charge in [0.05, 0.1) is 17.9 Å². The van der Waals surface area contributed by atoms with Gasteiger partial charge >= 0.3 is 23.0 Å². The molecule has 0 spiro atoms. The van der Waals surface area contributed by atoms with Crippen molar-refractivity contribution in [1.29, 1.82) is 0 Å². The van der Waals surface area contributed by atoms with Crippen molar-refractivity contribution in [2.24, 2.45) is 5.73 Å². The van der Waals surface area contributed by atoms with Crippen molar-refractivity contribution < 1.29 is 56.3 Å². The maximum atomic E-state index is 10.9. The van der Waals surface area contributed by atoms with Crippen LogP contribution in [0.1, 0.15) is 12.8 Å². The third kappa shape index (κ3) is 8.97. The summed E-state index contributed by atoms with van der Waals surface area (Å²) < 4.78 is 3.97. The summed E-state index contributed by atoms with van der Waals surface area (Å²) in [7, 11) is 0. The number of quaternary nitrogens is 1. The number of hydrogen-bond donors (Lipinski definition) is 2. The van der Waals surface area contributed by atoms with E-state index in [1.807, 2.05) is 0 Å². The Morgan fingerprint density at radius 3 is 1.74 bits per heavy atom. The number of ether oxygens (including phenoxy) is 1. The Morgan fingerprint density at radius 2 is 1.42 bits per heavy atom. The molecule has 0 amide bonds. The molecule has 0 heterocycles. The van der Waals surface area contributed by atoms with Gasteiger partial charge in [0, 0.05) is 12.5 Å². The average Bonchev–Trinajstić information content (AvgIpc) is 2.21. The van der Waals surface area contributed by atoms with Crippen molar-refractivity contribution in [3.8, 4) is 0 Å². The standard InChI is InChI=1S/C8H11NO8.Fe.H3N/c9-3(6(11)12)1-2-4(10)17-5(7(13)14)8(15)16;;/h3,5H,1-2,9H2,(H,11,12)(H,13,14)(H,15,16);;1H3/q;+2;/p-2/t3-;;/m0../s1. The number of carboxylic acids is 3. The molecule has 0 fully saturated rings. The molecule has 0 radical (unpaired) electrons. The van der Waals surface area contributed by atoms with Crippen LogP contribution in [-0.2, 0) is 41.0 Å². The van der Waals surface area contributed by atoms with Gasteiger partial charge in [-0.2, -0.15) is 0 Å². The Kier molecular flexibility index (Phi) is 12.1. The molecule has 11 heteroatoms. The van der Waals surface area contributed by atoms with Gasteiger partial charge in [-0.05, 0) is 6.42 Å². The van der Waals surface area contributed by atoms with Crippen LogP contribution in [0.5, 0.6) is 0 Å². The zero-order chi connectivity index (χ0) is 13.6. The quantitative estimate of drug-likeness (QED) is 0.260. The van der Waals surface area contributed by atoms with Gasteiger partial charge in [-0.1, -0.05) is 0 Å². The van der Waals surface area contributed by atoms with Gasteiger partial charge in [-0.15, -0.1) is 0 Å².